The molecule has 33 heavy (non-hydrogen) atoms. The van der Waals surface area contributed by atoms with Crippen molar-refractivity contribution in [1.29, 1.82) is 0 Å². The smallest absolute Gasteiger partial charge is 0.325 e. The summed E-state index contributed by atoms with van der Waals surface area (Å²) >= 11 is 0. The highest BCUT2D eigenvalue weighted by Crippen LogP contribution is 2.68. The largest absolute Gasteiger partial charge is 0.481 e. The van der Waals surface area contributed by atoms with Crippen molar-refractivity contribution >= 4 is 11.9 Å². The average molecular weight is 464 g/mol. The third-order valence-corrected chi connectivity index (χ3v) is 10.9. The van der Waals surface area contributed by atoms with E-state index in [1.165, 1.54) is 45.4 Å². The Morgan fingerprint density at radius 2 is 1.67 bits per heavy atom. The van der Waals surface area contributed by atoms with E-state index in [0.29, 0.717) is 23.7 Å². The molecule has 4 N–H and O–H groups in total. The van der Waals surface area contributed by atoms with Crippen LogP contribution in [0.15, 0.2) is 0 Å². The van der Waals surface area contributed by atoms with E-state index in [0.717, 1.165) is 37.0 Å². The van der Waals surface area contributed by atoms with Gasteiger partial charge in [-0.05, 0) is 111 Å². The van der Waals surface area contributed by atoms with E-state index < -0.39 is 24.1 Å². The maximum Gasteiger partial charge on any atom is 0.325 e. The number of carboxylic acid groups (broad SMARTS) is 1. The zero-order valence-electron chi connectivity index (χ0n) is 21.0. The third-order valence-electron chi connectivity index (χ3n) is 10.9. The number of carbonyl (C=O) groups excluding carboxylic acids is 1. The van der Waals surface area contributed by atoms with Crippen molar-refractivity contribution in [1.82, 2.24) is 0 Å². The van der Waals surface area contributed by atoms with Crippen LogP contribution in [0.1, 0.15) is 91.9 Å². The Morgan fingerprint density at radius 3 is 2.33 bits per heavy atom. The predicted octanol–water partition coefficient (Wildman–Crippen LogP) is 4.38. The maximum absolute atomic E-state index is 12.3. The van der Waals surface area contributed by atoms with E-state index >= 15 is 0 Å². The van der Waals surface area contributed by atoms with Crippen LogP contribution in [-0.2, 0) is 14.3 Å². The first-order valence-corrected chi connectivity index (χ1v) is 13.3. The first kappa shape index (κ1) is 25.0. The Balaban J connectivity index is 1.43. The number of aliphatic hydroxyl groups is 1. The van der Waals surface area contributed by atoms with Crippen LogP contribution in [-0.4, -0.2) is 40.4 Å². The molecule has 0 aromatic rings. The third kappa shape index (κ3) is 4.35. The molecule has 0 aromatic heterocycles. The minimum Gasteiger partial charge on any atom is -0.481 e. The van der Waals surface area contributed by atoms with Gasteiger partial charge in [0.2, 0.25) is 0 Å². The summed E-state index contributed by atoms with van der Waals surface area (Å²) in [6.45, 7) is 8.65. The standard InChI is InChI=1S/C27H45NO5/c1-15(13-23(30)31)20-7-8-21-19-6-5-17-14-18(33-25(32)24(28)16(2)29)9-11-26(17,3)22(19)10-12-27(20,21)4/h15-22,24,29H,5-14,28H2,1-4H3,(H,30,31)/t15-,16?,17?,18-,19?,20?,21?,22?,24+,26+,27-/m1/s1. The molecule has 6 heteroatoms. The van der Waals surface area contributed by atoms with Crippen molar-refractivity contribution in [2.24, 2.45) is 52.1 Å². The zero-order valence-corrected chi connectivity index (χ0v) is 21.0. The van der Waals surface area contributed by atoms with E-state index in [-0.39, 0.29) is 17.4 Å². The number of hydrogen-bond donors (Lipinski definition) is 3. The molecule has 11 atom stereocenters. The van der Waals surface area contributed by atoms with E-state index in [1.54, 1.807) is 0 Å². The molecule has 188 valence electrons. The van der Waals surface area contributed by atoms with Crippen molar-refractivity contribution in [3.8, 4) is 0 Å². The van der Waals surface area contributed by atoms with Crippen LogP contribution < -0.4 is 5.73 Å². The number of esters is 1. The summed E-state index contributed by atoms with van der Waals surface area (Å²) < 4.78 is 5.73. The molecule has 4 aliphatic carbocycles. The van der Waals surface area contributed by atoms with Gasteiger partial charge in [0, 0.05) is 6.42 Å². The van der Waals surface area contributed by atoms with Gasteiger partial charge in [0.15, 0.2) is 0 Å². The molecule has 4 rings (SSSR count). The molecule has 4 fully saturated rings. The van der Waals surface area contributed by atoms with Crippen LogP contribution >= 0.6 is 0 Å². The lowest BCUT2D eigenvalue weighted by Gasteiger charge is -2.61. The Kier molecular flexibility index (Phi) is 6.92. The van der Waals surface area contributed by atoms with Crippen molar-refractivity contribution in [2.75, 3.05) is 0 Å². The predicted molar refractivity (Wildman–Crippen MR) is 126 cm³/mol. The molecule has 0 aliphatic heterocycles. The molecule has 0 radical (unpaired) electrons. The second-order valence-electron chi connectivity index (χ2n) is 12.6. The lowest BCUT2D eigenvalue weighted by molar-refractivity contribution is -0.166. The molecule has 0 heterocycles. The monoisotopic (exact) mass is 463 g/mol. The van der Waals surface area contributed by atoms with Crippen LogP contribution in [0, 0.1) is 46.3 Å². The maximum atomic E-state index is 12.3. The molecule has 0 aromatic carbocycles. The number of aliphatic carboxylic acids is 1. The molecule has 6 nitrogen and oxygen atoms in total. The lowest BCUT2D eigenvalue weighted by Crippen LogP contribution is -2.54. The number of fused-ring (bicyclic) bond motifs is 5. The average Bonchev–Trinajstić information content (AvgIpc) is 3.10. The second-order valence-corrected chi connectivity index (χ2v) is 12.6. The Labute approximate surface area is 199 Å². The Bertz CT molecular complexity index is 755. The van der Waals surface area contributed by atoms with Crippen LogP contribution in [0.3, 0.4) is 0 Å². The van der Waals surface area contributed by atoms with Crippen molar-refractivity contribution in [3.05, 3.63) is 0 Å². The van der Waals surface area contributed by atoms with Gasteiger partial charge in [-0.15, -0.1) is 0 Å². The fourth-order valence-corrected chi connectivity index (χ4v) is 9.16. The van der Waals surface area contributed by atoms with Gasteiger partial charge in [0.05, 0.1) is 6.10 Å². The summed E-state index contributed by atoms with van der Waals surface area (Å²) in [4.78, 5) is 23.7. The molecule has 0 spiro atoms. The lowest BCUT2D eigenvalue weighted by atomic mass is 9.44. The number of hydrogen-bond acceptors (Lipinski definition) is 5. The highest BCUT2D eigenvalue weighted by Gasteiger charge is 2.60. The SMILES string of the molecule is CC(O)[C@H](N)C(=O)O[C@@H]1CC[C@@]2(C)C(CCC3C2CC[C@@]2(C)C3CCC2[C@H](C)CC(=O)O)C1. The van der Waals surface area contributed by atoms with E-state index in [2.05, 4.69) is 20.8 Å². The minimum absolute atomic E-state index is 0.0847. The fraction of sp³-hybridized carbons (Fsp3) is 0.926. The molecule has 6 unspecified atom stereocenters. The molecular formula is C27H45NO5. The number of rotatable bonds is 6. The van der Waals surface area contributed by atoms with Crippen LogP contribution in [0.5, 0.6) is 0 Å². The van der Waals surface area contributed by atoms with E-state index in [1.807, 2.05) is 0 Å². The Morgan fingerprint density at radius 1 is 1.00 bits per heavy atom. The molecule has 0 bridgehead atoms. The van der Waals surface area contributed by atoms with Crippen molar-refractivity contribution in [3.63, 3.8) is 0 Å². The number of ether oxygens (including phenoxy) is 1. The summed E-state index contributed by atoms with van der Waals surface area (Å²) in [6, 6.07) is -0.969. The highest BCUT2D eigenvalue weighted by atomic mass is 16.5. The van der Waals surface area contributed by atoms with Gasteiger partial charge in [-0.3, -0.25) is 9.59 Å². The first-order valence-electron chi connectivity index (χ1n) is 13.3. The summed E-state index contributed by atoms with van der Waals surface area (Å²) in [5.41, 5.74) is 6.36. The fourth-order valence-electron chi connectivity index (χ4n) is 9.16. The number of nitrogens with two attached hydrogens (primary N) is 1. The van der Waals surface area contributed by atoms with E-state index in [9.17, 15) is 19.8 Å². The van der Waals surface area contributed by atoms with Crippen LogP contribution in [0.2, 0.25) is 0 Å². The van der Waals surface area contributed by atoms with Crippen molar-refractivity contribution in [2.45, 2.75) is 110 Å². The van der Waals surface area contributed by atoms with Gasteiger partial charge in [-0.25, -0.2) is 0 Å². The highest BCUT2D eigenvalue weighted by molar-refractivity contribution is 5.76. The van der Waals surface area contributed by atoms with Crippen molar-refractivity contribution < 1.29 is 24.5 Å². The topological polar surface area (TPSA) is 110 Å². The molecular weight excluding hydrogens is 418 g/mol. The van der Waals surface area contributed by atoms with Gasteiger partial charge in [-0.1, -0.05) is 20.8 Å². The van der Waals surface area contributed by atoms with Gasteiger partial charge < -0.3 is 20.7 Å². The van der Waals surface area contributed by atoms with Crippen LogP contribution in [0.4, 0.5) is 0 Å². The first-order chi connectivity index (χ1) is 15.5. The van der Waals surface area contributed by atoms with E-state index in [4.69, 9.17) is 10.5 Å². The summed E-state index contributed by atoms with van der Waals surface area (Å²) in [5, 5.41) is 19.0. The van der Waals surface area contributed by atoms with Gasteiger partial charge >= 0.3 is 11.9 Å². The second kappa shape index (κ2) is 9.14. The minimum atomic E-state index is -0.969. The van der Waals surface area contributed by atoms with Gasteiger partial charge in [-0.2, -0.15) is 0 Å². The molecule has 0 saturated heterocycles. The van der Waals surface area contributed by atoms with Gasteiger partial charge in [0.1, 0.15) is 12.1 Å². The number of carboxylic acids is 1. The zero-order chi connectivity index (χ0) is 24.1. The Hall–Kier alpha value is -1.14. The molecule has 4 saturated carbocycles. The van der Waals surface area contributed by atoms with Gasteiger partial charge in [0.25, 0.3) is 0 Å². The number of carbonyl (C=O) groups is 2. The summed E-state index contributed by atoms with van der Waals surface area (Å²) in [6.07, 6.45) is 9.54. The normalized spacial score (nSPS) is 45.2. The quantitative estimate of drug-likeness (QED) is 0.504. The molecule has 0 amide bonds. The summed E-state index contributed by atoms with van der Waals surface area (Å²) in [7, 11) is 0. The number of aliphatic hydroxyl groups excluding tert-OH is 1. The summed E-state index contributed by atoms with van der Waals surface area (Å²) in [5.74, 6) is 2.39. The van der Waals surface area contributed by atoms with Crippen LogP contribution in [0.25, 0.3) is 0 Å². The molecule has 4 aliphatic rings.